The van der Waals surface area contributed by atoms with Gasteiger partial charge in [-0.25, -0.2) is 0 Å². The molecule has 1 heterocycles. The molecule has 1 aromatic heterocycles. The molecule has 0 bridgehead atoms. The Balaban J connectivity index is 1.72. The van der Waals surface area contributed by atoms with Crippen LogP contribution in [0, 0.1) is 0 Å². The first kappa shape index (κ1) is 22.9. The first-order valence-electron chi connectivity index (χ1n) is 10.7. The van der Waals surface area contributed by atoms with Gasteiger partial charge in [-0.2, -0.15) is 9.78 Å². The van der Waals surface area contributed by atoms with Crippen molar-refractivity contribution >= 4 is 5.91 Å². The summed E-state index contributed by atoms with van der Waals surface area (Å²) in [5, 5.41) is 4.34. The highest BCUT2D eigenvalue weighted by Crippen LogP contribution is 2.43. The quantitative estimate of drug-likeness (QED) is 0.348. The van der Waals surface area contributed by atoms with Crippen LogP contribution in [0.15, 0.2) is 72.9 Å². The third-order valence-corrected chi connectivity index (χ3v) is 5.42. The summed E-state index contributed by atoms with van der Waals surface area (Å²) >= 11 is 0. The molecule has 3 aromatic carbocycles. The molecule has 0 amide bonds. The summed E-state index contributed by atoms with van der Waals surface area (Å²) in [7, 11) is 4.66. The fourth-order valence-electron chi connectivity index (χ4n) is 3.77. The van der Waals surface area contributed by atoms with Crippen LogP contribution in [0.25, 0.3) is 22.4 Å². The van der Waals surface area contributed by atoms with Gasteiger partial charge in [0.2, 0.25) is 11.7 Å². The van der Waals surface area contributed by atoms with E-state index in [9.17, 15) is 4.79 Å². The van der Waals surface area contributed by atoms with E-state index in [1.165, 1.54) is 11.6 Å². The molecule has 0 atom stereocenters. The van der Waals surface area contributed by atoms with Gasteiger partial charge >= 0.3 is 0 Å². The van der Waals surface area contributed by atoms with Crippen LogP contribution < -0.4 is 18.9 Å². The maximum absolute atomic E-state index is 12.4. The van der Waals surface area contributed by atoms with Gasteiger partial charge in [0, 0.05) is 18.1 Å². The predicted octanol–water partition coefficient (Wildman–Crippen LogP) is 5.48. The van der Waals surface area contributed by atoms with E-state index in [1.807, 2.05) is 54.6 Å². The molecule has 0 aliphatic carbocycles. The van der Waals surface area contributed by atoms with Crippen LogP contribution in [0.2, 0.25) is 0 Å². The Bertz CT molecular complexity index is 1260. The molecule has 34 heavy (non-hydrogen) atoms. The van der Waals surface area contributed by atoms with Gasteiger partial charge in [-0.15, -0.1) is 0 Å². The Morgan fingerprint density at radius 2 is 1.50 bits per heavy atom. The topological polar surface area (TPSA) is 71.8 Å². The maximum Gasteiger partial charge on any atom is 0.244 e. The number of benzene rings is 3. The molecule has 0 saturated heterocycles. The molecular weight excluding hydrogens is 432 g/mol. The molecule has 0 saturated carbocycles. The number of carbonyl (C=O) groups excluding carboxylic acids is 1. The Morgan fingerprint density at radius 3 is 2.06 bits per heavy atom. The number of hydrogen-bond donors (Lipinski definition) is 0. The van der Waals surface area contributed by atoms with E-state index in [4.69, 9.17) is 18.9 Å². The minimum atomic E-state index is -0.210. The number of rotatable bonds is 8. The third kappa shape index (κ3) is 4.59. The highest BCUT2D eigenvalue weighted by Gasteiger charge is 2.21. The minimum Gasteiger partial charge on any atom is -0.493 e. The summed E-state index contributed by atoms with van der Waals surface area (Å²) in [6.07, 6.45) is 1.68. The van der Waals surface area contributed by atoms with Crippen LogP contribution >= 0.6 is 0 Å². The van der Waals surface area contributed by atoms with E-state index in [1.54, 1.807) is 39.7 Å². The molecule has 0 radical (unpaired) electrons. The summed E-state index contributed by atoms with van der Waals surface area (Å²) in [5.41, 5.74) is 4.12. The summed E-state index contributed by atoms with van der Waals surface area (Å²) in [6, 6.07) is 21.3. The molecule has 7 heteroatoms. The molecular formula is C27H26N2O5. The lowest BCUT2D eigenvalue weighted by Gasteiger charge is -2.15. The van der Waals surface area contributed by atoms with E-state index in [-0.39, 0.29) is 5.91 Å². The Hall–Kier alpha value is -4.26. The fourth-order valence-corrected chi connectivity index (χ4v) is 3.77. The summed E-state index contributed by atoms with van der Waals surface area (Å²) in [4.78, 5) is 12.4. The first-order valence-corrected chi connectivity index (χ1v) is 10.7. The number of nitrogens with zero attached hydrogens (tertiary/aromatic N) is 2. The van der Waals surface area contributed by atoms with Crippen LogP contribution in [0.5, 0.6) is 23.0 Å². The molecule has 174 valence electrons. The second-order valence-electron chi connectivity index (χ2n) is 7.55. The van der Waals surface area contributed by atoms with Crippen molar-refractivity contribution < 1.29 is 23.7 Å². The standard InChI is InChI=1S/C27H26N2O5/c1-18(30)29-26(21-14-24(31-2)27(33-4)25(15-21)32-3)23(16-28-29)20-10-12-22(13-11-20)34-17-19-8-6-5-7-9-19/h5-16H,17H2,1-4H3. The zero-order chi connectivity index (χ0) is 24.1. The van der Waals surface area contributed by atoms with Crippen molar-refractivity contribution in [2.75, 3.05) is 21.3 Å². The van der Waals surface area contributed by atoms with E-state index in [0.717, 1.165) is 22.4 Å². The minimum absolute atomic E-state index is 0.210. The van der Waals surface area contributed by atoms with Gasteiger partial charge in [0.1, 0.15) is 12.4 Å². The Morgan fingerprint density at radius 1 is 0.853 bits per heavy atom. The average molecular weight is 459 g/mol. The monoisotopic (exact) mass is 458 g/mol. The fraction of sp³-hybridized carbons (Fsp3) is 0.185. The lowest BCUT2D eigenvalue weighted by molar-refractivity contribution is 0.0923. The summed E-state index contributed by atoms with van der Waals surface area (Å²) in [5.74, 6) is 2.00. The number of carbonyl (C=O) groups is 1. The third-order valence-electron chi connectivity index (χ3n) is 5.42. The molecule has 7 nitrogen and oxygen atoms in total. The van der Waals surface area contributed by atoms with Crippen molar-refractivity contribution in [1.29, 1.82) is 0 Å². The molecule has 4 rings (SSSR count). The lowest BCUT2D eigenvalue weighted by Crippen LogP contribution is -2.09. The van der Waals surface area contributed by atoms with Crippen LogP contribution in [-0.4, -0.2) is 37.0 Å². The summed E-state index contributed by atoms with van der Waals surface area (Å²) in [6.45, 7) is 1.96. The zero-order valence-corrected chi connectivity index (χ0v) is 19.6. The van der Waals surface area contributed by atoms with Crippen LogP contribution in [0.4, 0.5) is 0 Å². The second-order valence-corrected chi connectivity index (χ2v) is 7.55. The van der Waals surface area contributed by atoms with Crippen LogP contribution in [0.1, 0.15) is 17.3 Å². The van der Waals surface area contributed by atoms with Crippen molar-refractivity contribution in [3.63, 3.8) is 0 Å². The second kappa shape index (κ2) is 10.1. The SMILES string of the molecule is COc1cc(-c2c(-c3ccc(OCc4ccccc4)cc3)cnn2C(C)=O)cc(OC)c1OC. The zero-order valence-electron chi connectivity index (χ0n) is 19.6. The van der Waals surface area contributed by atoms with Crippen molar-refractivity contribution in [1.82, 2.24) is 9.78 Å². The number of ether oxygens (including phenoxy) is 4. The van der Waals surface area contributed by atoms with Gasteiger partial charge in [-0.1, -0.05) is 42.5 Å². The Labute approximate surface area is 198 Å². The normalized spacial score (nSPS) is 10.6. The van der Waals surface area contributed by atoms with Crippen molar-refractivity contribution in [3.8, 4) is 45.4 Å². The predicted molar refractivity (Wildman–Crippen MR) is 130 cm³/mol. The van der Waals surface area contributed by atoms with E-state index < -0.39 is 0 Å². The maximum atomic E-state index is 12.4. The number of aromatic nitrogens is 2. The molecule has 0 spiro atoms. The summed E-state index contributed by atoms with van der Waals surface area (Å²) < 4.78 is 23.7. The Kier molecular flexibility index (Phi) is 6.82. The average Bonchev–Trinajstić information content (AvgIpc) is 3.33. The smallest absolute Gasteiger partial charge is 0.244 e. The first-order chi connectivity index (χ1) is 16.5. The molecule has 0 aliphatic rings. The largest absolute Gasteiger partial charge is 0.493 e. The molecule has 0 N–H and O–H groups in total. The van der Waals surface area contributed by atoms with Gasteiger partial charge in [0.05, 0.1) is 33.2 Å². The van der Waals surface area contributed by atoms with Crippen molar-refractivity contribution in [2.45, 2.75) is 13.5 Å². The van der Waals surface area contributed by atoms with Gasteiger partial charge in [-0.05, 0) is 35.4 Å². The highest BCUT2D eigenvalue weighted by atomic mass is 16.5. The van der Waals surface area contributed by atoms with Crippen LogP contribution in [0.3, 0.4) is 0 Å². The molecule has 0 aliphatic heterocycles. The van der Waals surface area contributed by atoms with E-state index >= 15 is 0 Å². The van der Waals surface area contributed by atoms with Gasteiger partial charge in [0.15, 0.2) is 11.5 Å². The number of methoxy groups -OCH3 is 3. The van der Waals surface area contributed by atoms with Gasteiger partial charge < -0.3 is 18.9 Å². The number of hydrogen-bond acceptors (Lipinski definition) is 6. The van der Waals surface area contributed by atoms with E-state index in [0.29, 0.717) is 35.1 Å². The lowest BCUT2D eigenvalue weighted by atomic mass is 10.0. The molecule has 4 aromatic rings. The molecule has 0 fully saturated rings. The van der Waals surface area contributed by atoms with Crippen molar-refractivity contribution in [3.05, 3.63) is 78.5 Å². The van der Waals surface area contributed by atoms with Crippen LogP contribution in [-0.2, 0) is 6.61 Å². The highest BCUT2D eigenvalue weighted by molar-refractivity contribution is 5.90. The molecule has 0 unspecified atom stereocenters. The van der Waals surface area contributed by atoms with E-state index in [2.05, 4.69) is 5.10 Å². The van der Waals surface area contributed by atoms with Gasteiger partial charge in [0.25, 0.3) is 0 Å². The van der Waals surface area contributed by atoms with Gasteiger partial charge in [-0.3, -0.25) is 4.79 Å². The van der Waals surface area contributed by atoms with Crippen molar-refractivity contribution in [2.24, 2.45) is 0 Å².